The molecule has 3 nitrogen and oxygen atoms in total. The molecule has 0 amide bonds. The van der Waals surface area contributed by atoms with Gasteiger partial charge < -0.3 is 15.3 Å². The number of hydrogen-bond acceptors (Lipinski definition) is 3. The summed E-state index contributed by atoms with van der Waals surface area (Å²) < 4.78 is 0. The number of aliphatic hydroxyl groups excluding tert-OH is 3. The Kier molecular flexibility index (Phi) is 3.54. The fourth-order valence-corrected chi connectivity index (χ4v) is 7.03. The minimum atomic E-state index is -0.386. The van der Waals surface area contributed by atoms with Crippen molar-refractivity contribution in [1.82, 2.24) is 0 Å². The van der Waals surface area contributed by atoms with Gasteiger partial charge in [-0.25, -0.2) is 0 Å². The molecule has 3 N–H and O–H groups in total. The van der Waals surface area contributed by atoms with Gasteiger partial charge in [0.2, 0.25) is 0 Å². The molecule has 3 heteroatoms. The van der Waals surface area contributed by atoms with Crippen LogP contribution in [0.5, 0.6) is 0 Å². The predicted molar refractivity (Wildman–Crippen MR) is 89.7 cm³/mol. The van der Waals surface area contributed by atoms with Gasteiger partial charge in [0, 0.05) is 0 Å². The summed E-state index contributed by atoms with van der Waals surface area (Å²) in [5.74, 6) is 1.23. The molecule has 0 aromatic carbocycles. The SMILES string of the molecule is CC1=C2CC(O)CC[C@]2(C)[C@@H]2CC[C@]3(C)C(O)CC[C@H]3[C@@H]2C1O. The van der Waals surface area contributed by atoms with Crippen LogP contribution in [0.15, 0.2) is 11.1 Å². The lowest BCUT2D eigenvalue weighted by Gasteiger charge is -2.59. The highest BCUT2D eigenvalue weighted by Gasteiger charge is 2.61. The molecule has 3 unspecified atom stereocenters. The van der Waals surface area contributed by atoms with Gasteiger partial charge in [0.05, 0.1) is 18.3 Å². The molecule has 4 aliphatic rings. The lowest BCUT2D eigenvalue weighted by atomic mass is 9.46. The van der Waals surface area contributed by atoms with Gasteiger partial charge in [-0.1, -0.05) is 19.4 Å². The van der Waals surface area contributed by atoms with E-state index in [0.29, 0.717) is 11.8 Å². The first-order valence-corrected chi connectivity index (χ1v) is 9.53. The van der Waals surface area contributed by atoms with Crippen LogP contribution in [0.1, 0.15) is 65.7 Å². The molecule has 0 heterocycles. The monoisotopic (exact) mass is 320 g/mol. The first kappa shape index (κ1) is 16.1. The topological polar surface area (TPSA) is 60.7 Å². The summed E-state index contributed by atoms with van der Waals surface area (Å²) in [5.41, 5.74) is 2.59. The Labute approximate surface area is 139 Å². The minimum absolute atomic E-state index is 0.00945. The molecule has 23 heavy (non-hydrogen) atoms. The van der Waals surface area contributed by atoms with Crippen molar-refractivity contribution in [1.29, 1.82) is 0 Å². The molecule has 3 fully saturated rings. The molecule has 0 spiro atoms. The third-order valence-corrected chi connectivity index (χ3v) is 8.51. The van der Waals surface area contributed by atoms with Crippen molar-refractivity contribution in [2.24, 2.45) is 28.6 Å². The summed E-state index contributed by atoms with van der Waals surface area (Å²) in [6, 6.07) is 0. The second-order valence-electron chi connectivity index (χ2n) is 9.35. The van der Waals surface area contributed by atoms with Crippen molar-refractivity contribution >= 4 is 0 Å². The van der Waals surface area contributed by atoms with Crippen LogP contribution < -0.4 is 0 Å². The lowest BCUT2D eigenvalue weighted by molar-refractivity contribution is -0.109. The first-order valence-electron chi connectivity index (χ1n) is 9.53. The normalized spacial score (nSPS) is 56.1. The molecule has 130 valence electrons. The Morgan fingerprint density at radius 3 is 2.39 bits per heavy atom. The maximum atomic E-state index is 11.1. The van der Waals surface area contributed by atoms with Gasteiger partial charge in [-0.15, -0.1) is 0 Å². The third kappa shape index (κ3) is 1.99. The number of hydrogen-bond donors (Lipinski definition) is 3. The van der Waals surface area contributed by atoms with E-state index in [1.807, 2.05) is 0 Å². The van der Waals surface area contributed by atoms with Crippen molar-refractivity contribution in [3.8, 4) is 0 Å². The molecule has 3 saturated carbocycles. The van der Waals surface area contributed by atoms with Crippen molar-refractivity contribution in [2.45, 2.75) is 84.0 Å². The number of fused-ring (bicyclic) bond motifs is 5. The van der Waals surface area contributed by atoms with Crippen LogP contribution in [0, 0.1) is 28.6 Å². The maximum Gasteiger partial charge on any atom is 0.0784 e. The molecule has 0 saturated heterocycles. The van der Waals surface area contributed by atoms with Crippen LogP contribution >= 0.6 is 0 Å². The summed E-state index contributed by atoms with van der Waals surface area (Å²) in [7, 11) is 0. The Morgan fingerprint density at radius 1 is 0.913 bits per heavy atom. The zero-order valence-electron chi connectivity index (χ0n) is 14.8. The molecular weight excluding hydrogens is 288 g/mol. The van der Waals surface area contributed by atoms with Crippen LogP contribution in [0.3, 0.4) is 0 Å². The Morgan fingerprint density at radius 2 is 1.65 bits per heavy atom. The van der Waals surface area contributed by atoms with Crippen LogP contribution in [0.4, 0.5) is 0 Å². The molecule has 0 aromatic heterocycles. The van der Waals surface area contributed by atoms with E-state index in [1.165, 1.54) is 5.57 Å². The molecule has 0 bridgehead atoms. The van der Waals surface area contributed by atoms with E-state index in [2.05, 4.69) is 20.8 Å². The van der Waals surface area contributed by atoms with Gasteiger partial charge in [-0.2, -0.15) is 0 Å². The lowest BCUT2D eigenvalue weighted by Crippen LogP contribution is -2.56. The smallest absolute Gasteiger partial charge is 0.0784 e. The van der Waals surface area contributed by atoms with E-state index in [0.717, 1.165) is 50.5 Å². The second kappa shape index (κ2) is 5.06. The highest BCUT2D eigenvalue weighted by atomic mass is 16.3. The summed E-state index contributed by atoms with van der Waals surface area (Å²) in [6.07, 6.45) is 5.98. The summed E-state index contributed by atoms with van der Waals surface area (Å²) in [4.78, 5) is 0. The minimum Gasteiger partial charge on any atom is -0.393 e. The number of aliphatic hydroxyl groups is 3. The van der Waals surface area contributed by atoms with E-state index in [9.17, 15) is 15.3 Å². The molecule has 4 rings (SSSR count). The first-order chi connectivity index (χ1) is 10.8. The van der Waals surface area contributed by atoms with Gasteiger partial charge in [0.15, 0.2) is 0 Å². The zero-order chi connectivity index (χ0) is 16.6. The average Bonchev–Trinajstić information content (AvgIpc) is 2.82. The highest BCUT2D eigenvalue weighted by molar-refractivity contribution is 5.33. The van der Waals surface area contributed by atoms with Crippen LogP contribution in [0.2, 0.25) is 0 Å². The van der Waals surface area contributed by atoms with Crippen LogP contribution in [-0.2, 0) is 0 Å². The van der Waals surface area contributed by atoms with Gasteiger partial charge in [0.25, 0.3) is 0 Å². The maximum absolute atomic E-state index is 11.1. The molecular formula is C20H32O3. The fraction of sp³-hybridized carbons (Fsp3) is 0.900. The Balaban J connectivity index is 1.78. The molecule has 0 radical (unpaired) electrons. The van der Waals surface area contributed by atoms with Gasteiger partial charge in [-0.05, 0) is 86.0 Å². The highest BCUT2D eigenvalue weighted by Crippen LogP contribution is 2.65. The van der Waals surface area contributed by atoms with E-state index < -0.39 is 0 Å². The Hall–Kier alpha value is -0.380. The van der Waals surface area contributed by atoms with Crippen molar-refractivity contribution in [3.05, 3.63) is 11.1 Å². The molecule has 0 aliphatic heterocycles. The molecule has 0 aromatic rings. The van der Waals surface area contributed by atoms with Crippen molar-refractivity contribution in [3.63, 3.8) is 0 Å². The summed E-state index contributed by atoms with van der Waals surface area (Å²) in [6.45, 7) is 6.72. The van der Waals surface area contributed by atoms with E-state index >= 15 is 0 Å². The fourth-order valence-electron chi connectivity index (χ4n) is 7.03. The summed E-state index contributed by atoms with van der Waals surface area (Å²) in [5, 5.41) is 31.8. The predicted octanol–water partition coefficient (Wildman–Crippen LogP) is 3.03. The van der Waals surface area contributed by atoms with Crippen LogP contribution in [-0.4, -0.2) is 33.6 Å². The molecule has 4 aliphatic carbocycles. The van der Waals surface area contributed by atoms with Crippen molar-refractivity contribution < 1.29 is 15.3 Å². The molecule has 8 atom stereocenters. The Bertz CT molecular complexity index is 541. The number of rotatable bonds is 0. The van der Waals surface area contributed by atoms with Gasteiger partial charge in [-0.3, -0.25) is 0 Å². The van der Waals surface area contributed by atoms with E-state index in [4.69, 9.17) is 0 Å². The quantitative estimate of drug-likeness (QED) is 0.601. The average molecular weight is 320 g/mol. The van der Waals surface area contributed by atoms with Crippen molar-refractivity contribution in [2.75, 3.05) is 0 Å². The largest absolute Gasteiger partial charge is 0.393 e. The van der Waals surface area contributed by atoms with Crippen LogP contribution in [0.25, 0.3) is 0 Å². The zero-order valence-corrected chi connectivity index (χ0v) is 14.8. The van der Waals surface area contributed by atoms with Gasteiger partial charge >= 0.3 is 0 Å². The standard InChI is InChI=1S/C20H32O3/c1-11-15-10-12(21)6-8-19(15,2)14-7-9-20(3)13(4-5-16(20)22)17(14)18(11)23/h12-14,16-18,21-23H,4-10H2,1-3H3/t12?,13-,14+,16?,17-,18?,19+,20-/m0/s1. The van der Waals surface area contributed by atoms with Gasteiger partial charge in [0.1, 0.15) is 0 Å². The van der Waals surface area contributed by atoms with E-state index in [-0.39, 0.29) is 35.1 Å². The van der Waals surface area contributed by atoms with E-state index in [1.54, 1.807) is 0 Å². The second-order valence-corrected chi connectivity index (χ2v) is 9.35. The summed E-state index contributed by atoms with van der Waals surface area (Å²) >= 11 is 0. The third-order valence-electron chi connectivity index (χ3n) is 8.51.